The lowest BCUT2D eigenvalue weighted by atomic mass is 10.1. The second kappa shape index (κ2) is 3.53. The fourth-order valence-corrected chi connectivity index (χ4v) is 1.09. The molecule has 5 nitrogen and oxygen atoms in total. The summed E-state index contributed by atoms with van der Waals surface area (Å²) in [6.07, 6.45) is 5.11. The number of nitrogens with zero attached hydrogens (tertiary/aromatic N) is 4. The molecule has 0 atom stereocenters. The molecule has 0 aliphatic rings. The minimum absolute atomic E-state index is 0.397. The van der Waals surface area contributed by atoms with Gasteiger partial charge in [0.25, 0.3) is 0 Å². The highest BCUT2D eigenvalue weighted by molar-refractivity contribution is 5.49. The molecule has 2 aromatic rings. The van der Waals surface area contributed by atoms with E-state index >= 15 is 0 Å². The molecule has 0 aliphatic carbocycles. The molecule has 0 radical (unpaired) electrons. The lowest BCUT2D eigenvalue weighted by molar-refractivity contribution is 0.812. The Kier molecular flexibility index (Phi) is 2.22. The molecule has 5 heteroatoms. The largest absolute Gasteiger partial charge is 0.257 e. The van der Waals surface area contributed by atoms with Crippen LogP contribution in [0, 0.1) is 0 Å². The number of rotatable bonds is 2. The number of aromatic nitrogens is 5. The fourth-order valence-electron chi connectivity index (χ4n) is 1.09. The third-order valence-electron chi connectivity index (χ3n) is 1.94. The van der Waals surface area contributed by atoms with Gasteiger partial charge in [-0.15, -0.1) is 0 Å². The number of H-pyrrole nitrogens is 1. The lowest BCUT2D eigenvalue weighted by Gasteiger charge is -2.02. The Morgan fingerprint density at radius 2 is 1.93 bits per heavy atom. The number of nitrogens with one attached hydrogen (secondary N) is 1. The number of hydrogen-bond donors (Lipinski definition) is 1. The first kappa shape index (κ1) is 8.80. The molecule has 2 aromatic heterocycles. The molecular weight excluding hydrogens is 178 g/mol. The SMILES string of the molecule is CC(C)c1cnc(-c2cn[nH]n2)cn1. The molecule has 2 heterocycles. The van der Waals surface area contributed by atoms with Gasteiger partial charge >= 0.3 is 0 Å². The molecule has 0 unspecified atom stereocenters. The van der Waals surface area contributed by atoms with Crippen molar-refractivity contribution in [3.05, 3.63) is 24.3 Å². The van der Waals surface area contributed by atoms with E-state index in [1.54, 1.807) is 18.6 Å². The van der Waals surface area contributed by atoms with Gasteiger partial charge < -0.3 is 0 Å². The van der Waals surface area contributed by atoms with Crippen molar-refractivity contribution in [2.75, 3.05) is 0 Å². The maximum absolute atomic E-state index is 4.29. The van der Waals surface area contributed by atoms with Crippen molar-refractivity contribution in [3.63, 3.8) is 0 Å². The van der Waals surface area contributed by atoms with Crippen LogP contribution in [-0.4, -0.2) is 25.4 Å². The van der Waals surface area contributed by atoms with E-state index in [-0.39, 0.29) is 0 Å². The monoisotopic (exact) mass is 189 g/mol. The van der Waals surface area contributed by atoms with Crippen molar-refractivity contribution < 1.29 is 0 Å². The number of aromatic amines is 1. The van der Waals surface area contributed by atoms with Crippen molar-refractivity contribution in [3.8, 4) is 11.4 Å². The van der Waals surface area contributed by atoms with Gasteiger partial charge in [0, 0.05) is 6.20 Å². The van der Waals surface area contributed by atoms with Crippen molar-refractivity contribution in [1.82, 2.24) is 25.4 Å². The second-order valence-electron chi connectivity index (χ2n) is 3.34. The highest BCUT2D eigenvalue weighted by Crippen LogP contribution is 2.14. The summed E-state index contributed by atoms with van der Waals surface area (Å²) in [4.78, 5) is 8.55. The third kappa shape index (κ3) is 1.61. The van der Waals surface area contributed by atoms with E-state index in [0.29, 0.717) is 11.6 Å². The molecule has 1 N–H and O–H groups in total. The molecular formula is C9H11N5. The predicted octanol–water partition coefficient (Wildman–Crippen LogP) is 1.39. The van der Waals surface area contributed by atoms with Crippen LogP contribution in [0.3, 0.4) is 0 Å². The Morgan fingerprint density at radius 3 is 2.43 bits per heavy atom. The molecule has 2 rings (SSSR count). The summed E-state index contributed by atoms with van der Waals surface area (Å²) in [7, 11) is 0. The van der Waals surface area contributed by atoms with Crippen LogP contribution in [0.1, 0.15) is 25.5 Å². The summed E-state index contributed by atoms with van der Waals surface area (Å²) in [5.41, 5.74) is 2.44. The molecule has 14 heavy (non-hydrogen) atoms. The highest BCUT2D eigenvalue weighted by Gasteiger charge is 2.04. The maximum Gasteiger partial charge on any atom is 0.132 e. The van der Waals surface area contributed by atoms with Crippen molar-refractivity contribution >= 4 is 0 Å². The average Bonchev–Trinajstić information content (AvgIpc) is 2.71. The Labute approximate surface area is 81.6 Å². The summed E-state index contributed by atoms with van der Waals surface area (Å²) in [6, 6.07) is 0. The van der Waals surface area contributed by atoms with Gasteiger partial charge in [0.1, 0.15) is 11.4 Å². The first-order valence-corrected chi connectivity index (χ1v) is 4.45. The molecule has 0 saturated carbocycles. The van der Waals surface area contributed by atoms with Gasteiger partial charge in [0.05, 0.1) is 18.1 Å². The average molecular weight is 189 g/mol. The Balaban J connectivity index is 2.31. The molecule has 72 valence electrons. The van der Waals surface area contributed by atoms with Crippen LogP contribution in [0.2, 0.25) is 0 Å². The van der Waals surface area contributed by atoms with Gasteiger partial charge in [0.2, 0.25) is 0 Å². The zero-order chi connectivity index (χ0) is 9.97. The summed E-state index contributed by atoms with van der Waals surface area (Å²) < 4.78 is 0. The lowest BCUT2D eigenvalue weighted by Crippen LogP contribution is -1.94. The van der Waals surface area contributed by atoms with E-state index in [1.807, 2.05) is 0 Å². The van der Waals surface area contributed by atoms with Gasteiger partial charge in [-0.25, -0.2) is 0 Å². The van der Waals surface area contributed by atoms with E-state index in [0.717, 1.165) is 11.4 Å². The Hall–Kier alpha value is -1.78. The zero-order valence-electron chi connectivity index (χ0n) is 8.10. The maximum atomic E-state index is 4.29. The van der Waals surface area contributed by atoms with Gasteiger partial charge in [-0.2, -0.15) is 15.4 Å². The van der Waals surface area contributed by atoms with Crippen LogP contribution in [0.4, 0.5) is 0 Å². The fraction of sp³-hybridized carbons (Fsp3) is 0.333. The molecule has 0 aromatic carbocycles. The van der Waals surface area contributed by atoms with Crippen LogP contribution < -0.4 is 0 Å². The van der Waals surface area contributed by atoms with Crippen molar-refractivity contribution in [1.29, 1.82) is 0 Å². The van der Waals surface area contributed by atoms with E-state index in [9.17, 15) is 0 Å². The summed E-state index contributed by atoms with van der Waals surface area (Å²) in [5.74, 6) is 0.397. The van der Waals surface area contributed by atoms with E-state index in [1.165, 1.54) is 0 Å². The Morgan fingerprint density at radius 1 is 1.07 bits per heavy atom. The first-order valence-electron chi connectivity index (χ1n) is 4.45. The topological polar surface area (TPSA) is 67.3 Å². The highest BCUT2D eigenvalue weighted by atomic mass is 15.3. The van der Waals surface area contributed by atoms with Gasteiger partial charge in [-0.1, -0.05) is 13.8 Å². The smallest absolute Gasteiger partial charge is 0.132 e. The summed E-state index contributed by atoms with van der Waals surface area (Å²) in [5, 5.41) is 10.2. The van der Waals surface area contributed by atoms with E-state index in [2.05, 4.69) is 39.2 Å². The molecule has 0 spiro atoms. The predicted molar refractivity (Wildman–Crippen MR) is 51.5 cm³/mol. The molecule has 0 aliphatic heterocycles. The van der Waals surface area contributed by atoms with Crippen LogP contribution >= 0.6 is 0 Å². The minimum Gasteiger partial charge on any atom is -0.257 e. The zero-order valence-corrected chi connectivity index (χ0v) is 8.10. The van der Waals surface area contributed by atoms with Crippen molar-refractivity contribution in [2.45, 2.75) is 19.8 Å². The van der Waals surface area contributed by atoms with E-state index in [4.69, 9.17) is 0 Å². The second-order valence-corrected chi connectivity index (χ2v) is 3.34. The summed E-state index contributed by atoms with van der Waals surface area (Å²) >= 11 is 0. The van der Waals surface area contributed by atoms with Crippen molar-refractivity contribution in [2.24, 2.45) is 0 Å². The van der Waals surface area contributed by atoms with Gasteiger partial charge in [0.15, 0.2) is 0 Å². The van der Waals surface area contributed by atoms with Gasteiger partial charge in [-0.05, 0) is 5.92 Å². The quantitative estimate of drug-likeness (QED) is 0.775. The van der Waals surface area contributed by atoms with Gasteiger partial charge in [-0.3, -0.25) is 9.97 Å². The van der Waals surface area contributed by atoms with Crippen LogP contribution in [0.5, 0.6) is 0 Å². The van der Waals surface area contributed by atoms with E-state index < -0.39 is 0 Å². The first-order chi connectivity index (χ1) is 6.77. The normalized spacial score (nSPS) is 10.8. The van der Waals surface area contributed by atoms with Crippen LogP contribution in [-0.2, 0) is 0 Å². The molecule has 0 bridgehead atoms. The van der Waals surface area contributed by atoms with Crippen LogP contribution in [0.15, 0.2) is 18.6 Å². The minimum atomic E-state index is 0.397. The Bertz CT molecular complexity index is 390. The molecule has 0 saturated heterocycles. The molecule has 0 amide bonds. The third-order valence-corrected chi connectivity index (χ3v) is 1.94. The standard InChI is InChI=1S/C9H11N5/c1-6(2)7-3-11-8(4-10-7)9-5-12-14-13-9/h3-6H,1-2H3,(H,12,13,14). The summed E-state index contributed by atoms with van der Waals surface area (Å²) in [6.45, 7) is 4.17. The molecule has 0 fully saturated rings. The number of hydrogen-bond acceptors (Lipinski definition) is 4. The van der Waals surface area contributed by atoms with Crippen LogP contribution in [0.25, 0.3) is 11.4 Å².